The molecule has 0 fully saturated rings. The van der Waals surface area contributed by atoms with Gasteiger partial charge in [-0.1, -0.05) is 22.9 Å². The van der Waals surface area contributed by atoms with Gasteiger partial charge in [0.2, 0.25) is 0 Å². The second-order valence-corrected chi connectivity index (χ2v) is 4.43. The van der Waals surface area contributed by atoms with Crippen LogP contribution in [-0.2, 0) is 11.2 Å². The smallest absolute Gasteiger partial charge is 0.337 e. The normalized spacial score (nSPS) is 12.1. The molecule has 5 nitrogen and oxygen atoms in total. The molecule has 2 N–H and O–H groups in total. The van der Waals surface area contributed by atoms with Gasteiger partial charge < -0.3 is 19.7 Å². The maximum absolute atomic E-state index is 10.9. The molecule has 0 spiro atoms. The minimum absolute atomic E-state index is 0.294. The van der Waals surface area contributed by atoms with Crippen LogP contribution in [0.25, 0.3) is 0 Å². The van der Waals surface area contributed by atoms with Crippen LogP contribution in [0.2, 0.25) is 0 Å². The molecule has 0 aliphatic heterocycles. The zero-order valence-corrected chi connectivity index (χ0v) is 11.9. The van der Waals surface area contributed by atoms with Crippen LogP contribution in [-0.4, -0.2) is 30.4 Å². The molecule has 6 heteroatoms. The average Bonchev–Trinajstić information content (AvgIpc) is 2.36. The average molecular weight is 319 g/mol. The van der Waals surface area contributed by atoms with Crippen LogP contribution in [0.15, 0.2) is 10.5 Å². The summed E-state index contributed by atoms with van der Waals surface area (Å²) < 4.78 is 10.9. The lowest BCUT2D eigenvalue weighted by atomic mass is 9.98. The van der Waals surface area contributed by atoms with Gasteiger partial charge in [-0.3, -0.25) is 0 Å². The topological polar surface area (TPSA) is 76.0 Å². The van der Waals surface area contributed by atoms with E-state index in [1.807, 2.05) is 6.92 Å². The predicted molar refractivity (Wildman–Crippen MR) is 69.2 cm³/mol. The lowest BCUT2D eigenvalue weighted by Crippen LogP contribution is -2.14. The Hall–Kier alpha value is -1.27. The van der Waals surface area contributed by atoms with E-state index in [1.165, 1.54) is 14.2 Å². The Kier molecular flexibility index (Phi) is 4.98. The fourth-order valence-electron chi connectivity index (χ4n) is 1.82. The second-order valence-electron chi connectivity index (χ2n) is 3.58. The molecule has 1 atom stereocenters. The van der Waals surface area contributed by atoms with Crippen LogP contribution >= 0.6 is 15.9 Å². The van der Waals surface area contributed by atoms with Crippen molar-refractivity contribution in [1.29, 1.82) is 0 Å². The van der Waals surface area contributed by atoms with Crippen LogP contribution in [0, 0.1) is 0 Å². The van der Waals surface area contributed by atoms with Gasteiger partial charge in [-0.2, -0.15) is 0 Å². The maximum atomic E-state index is 10.9. The predicted octanol–water partition coefficient (Wildman–Crippen LogP) is 2.15. The lowest BCUT2D eigenvalue weighted by Gasteiger charge is -2.19. The zero-order valence-electron chi connectivity index (χ0n) is 10.4. The minimum atomic E-state index is -1.60. The number of aliphatic hydroxyl groups is 1. The van der Waals surface area contributed by atoms with E-state index in [-0.39, 0.29) is 0 Å². The molecule has 0 aromatic heterocycles. The SMILES string of the molecule is CCc1c(OC)c(OC)cc(Br)c1C(O)C(=O)O. The molecule has 0 bridgehead atoms. The number of rotatable bonds is 5. The Balaban J connectivity index is 3.55. The van der Waals surface area contributed by atoms with E-state index in [1.54, 1.807) is 6.07 Å². The van der Waals surface area contributed by atoms with Crippen LogP contribution in [0.5, 0.6) is 11.5 Å². The number of benzene rings is 1. The first-order chi connectivity index (χ1) is 8.47. The van der Waals surface area contributed by atoms with Gasteiger partial charge in [0.25, 0.3) is 0 Å². The first-order valence-electron chi connectivity index (χ1n) is 5.32. The van der Waals surface area contributed by atoms with E-state index in [2.05, 4.69) is 15.9 Å². The van der Waals surface area contributed by atoms with Crippen molar-refractivity contribution in [3.05, 3.63) is 21.7 Å². The number of carboxylic acids is 1. The molecule has 1 unspecified atom stereocenters. The summed E-state index contributed by atoms with van der Waals surface area (Å²) in [5.41, 5.74) is 0.904. The largest absolute Gasteiger partial charge is 0.493 e. The van der Waals surface area contributed by atoms with Gasteiger partial charge in [-0.25, -0.2) is 4.79 Å². The number of methoxy groups -OCH3 is 2. The third kappa shape index (κ3) is 2.59. The highest BCUT2D eigenvalue weighted by molar-refractivity contribution is 9.10. The summed E-state index contributed by atoms with van der Waals surface area (Å²) >= 11 is 3.25. The summed E-state index contributed by atoms with van der Waals surface area (Å²) in [5.74, 6) is -0.376. The van der Waals surface area contributed by atoms with E-state index in [0.29, 0.717) is 33.5 Å². The van der Waals surface area contributed by atoms with Crippen molar-refractivity contribution in [2.75, 3.05) is 14.2 Å². The highest BCUT2D eigenvalue weighted by Crippen LogP contribution is 2.41. The van der Waals surface area contributed by atoms with E-state index in [4.69, 9.17) is 14.6 Å². The number of aliphatic carboxylic acids is 1. The summed E-state index contributed by atoms with van der Waals surface area (Å²) in [7, 11) is 2.97. The molecular weight excluding hydrogens is 304 g/mol. The van der Waals surface area contributed by atoms with Crippen molar-refractivity contribution in [1.82, 2.24) is 0 Å². The second kappa shape index (κ2) is 6.06. The van der Waals surface area contributed by atoms with Crippen LogP contribution in [0.4, 0.5) is 0 Å². The third-order valence-corrected chi connectivity index (χ3v) is 3.28. The van der Waals surface area contributed by atoms with Gasteiger partial charge in [0, 0.05) is 15.6 Å². The van der Waals surface area contributed by atoms with Crippen molar-refractivity contribution in [3.8, 4) is 11.5 Å². The fourth-order valence-corrected chi connectivity index (χ4v) is 2.48. The monoisotopic (exact) mass is 318 g/mol. The van der Waals surface area contributed by atoms with Crippen molar-refractivity contribution >= 4 is 21.9 Å². The summed E-state index contributed by atoms with van der Waals surface area (Å²) in [6.45, 7) is 1.85. The molecular formula is C12H15BrO5. The summed E-state index contributed by atoms with van der Waals surface area (Å²) in [4.78, 5) is 10.9. The number of aliphatic hydroxyl groups excluding tert-OH is 1. The molecule has 0 aliphatic carbocycles. The number of carbonyl (C=O) groups is 1. The van der Waals surface area contributed by atoms with E-state index >= 15 is 0 Å². The van der Waals surface area contributed by atoms with Gasteiger partial charge in [0.05, 0.1) is 14.2 Å². The van der Waals surface area contributed by atoms with E-state index < -0.39 is 12.1 Å². The molecule has 0 aliphatic rings. The Labute approximate surface area is 113 Å². The van der Waals surface area contributed by atoms with Gasteiger partial charge in [0.15, 0.2) is 17.6 Å². The van der Waals surface area contributed by atoms with Crippen LogP contribution in [0.1, 0.15) is 24.2 Å². The standard InChI is InChI=1S/C12H15BrO5/c1-4-6-9(10(14)12(15)16)7(13)5-8(17-2)11(6)18-3/h5,10,14H,4H2,1-3H3,(H,15,16). The van der Waals surface area contributed by atoms with E-state index in [0.717, 1.165) is 0 Å². The molecule has 0 saturated heterocycles. The Morgan fingerprint density at radius 2 is 2.06 bits per heavy atom. The molecule has 0 saturated carbocycles. The van der Waals surface area contributed by atoms with Crippen molar-refractivity contribution in [2.24, 2.45) is 0 Å². The zero-order chi connectivity index (χ0) is 13.9. The molecule has 1 aromatic carbocycles. The van der Waals surface area contributed by atoms with Crippen LogP contribution in [0.3, 0.4) is 0 Å². The molecule has 1 rings (SSSR count). The molecule has 1 aromatic rings. The van der Waals surface area contributed by atoms with Crippen molar-refractivity contribution in [2.45, 2.75) is 19.4 Å². The fraction of sp³-hybridized carbons (Fsp3) is 0.417. The Bertz CT molecular complexity index is 458. The lowest BCUT2D eigenvalue weighted by molar-refractivity contribution is -0.147. The molecule has 100 valence electrons. The first-order valence-corrected chi connectivity index (χ1v) is 6.11. The van der Waals surface area contributed by atoms with Gasteiger partial charge in [0.1, 0.15) is 0 Å². The van der Waals surface area contributed by atoms with Crippen molar-refractivity contribution < 1.29 is 24.5 Å². The molecule has 0 amide bonds. The Morgan fingerprint density at radius 1 is 1.44 bits per heavy atom. The number of hydrogen-bond acceptors (Lipinski definition) is 4. The summed E-state index contributed by atoms with van der Waals surface area (Å²) in [6.07, 6.45) is -1.09. The number of halogens is 1. The number of hydrogen-bond donors (Lipinski definition) is 2. The highest BCUT2D eigenvalue weighted by atomic mass is 79.9. The summed E-state index contributed by atoms with van der Waals surface area (Å²) in [5, 5.41) is 18.7. The quantitative estimate of drug-likeness (QED) is 0.870. The van der Waals surface area contributed by atoms with Gasteiger partial charge in [-0.15, -0.1) is 0 Å². The highest BCUT2D eigenvalue weighted by Gasteiger charge is 2.26. The maximum Gasteiger partial charge on any atom is 0.337 e. The third-order valence-electron chi connectivity index (χ3n) is 2.62. The van der Waals surface area contributed by atoms with Crippen LogP contribution < -0.4 is 9.47 Å². The number of carboxylic acid groups (broad SMARTS) is 1. The van der Waals surface area contributed by atoms with Crippen molar-refractivity contribution in [3.63, 3.8) is 0 Å². The van der Waals surface area contributed by atoms with Gasteiger partial charge in [-0.05, 0) is 12.5 Å². The van der Waals surface area contributed by atoms with E-state index in [9.17, 15) is 9.90 Å². The first kappa shape index (κ1) is 14.8. The number of ether oxygens (including phenoxy) is 2. The Morgan fingerprint density at radius 3 is 2.44 bits per heavy atom. The molecule has 0 radical (unpaired) electrons. The molecule has 0 heterocycles. The minimum Gasteiger partial charge on any atom is -0.493 e. The molecule has 18 heavy (non-hydrogen) atoms. The van der Waals surface area contributed by atoms with Gasteiger partial charge >= 0.3 is 5.97 Å². The summed E-state index contributed by atoms with van der Waals surface area (Å²) in [6, 6.07) is 1.58.